The number of aromatic nitrogens is 2. The summed E-state index contributed by atoms with van der Waals surface area (Å²) < 4.78 is 13.5. The number of nitrogens with zero attached hydrogens (tertiary/aromatic N) is 3. The summed E-state index contributed by atoms with van der Waals surface area (Å²) in [6, 6.07) is 10.7. The molecule has 0 aliphatic rings. The predicted octanol–water partition coefficient (Wildman–Crippen LogP) is 2.53. The molecule has 3 aromatic rings. The summed E-state index contributed by atoms with van der Waals surface area (Å²) in [5.41, 5.74) is 8.75. The van der Waals surface area contributed by atoms with Crippen LogP contribution in [0.25, 0.3) is 0 Å². The van der Waals surface area contributed by atoms with E-state index >= 15 is 0 Å². The van der Waals surface area contributed by atoms with E-state index in [0.717, 1.165) is 0 Å². The second-order valence-corrected chi connectivity index (χ2v) is 8.36. The van der Waals surface area contributed by atoms with Crippen LogP contribution in [-0.2, 0) is 24.4 Å². The monoisotopic (exact) mass is 495 g/mol. The number of carboxylic acids is 2. The van der Waals surface area contributed by atoms with Crippen molar-refractivity contribution < 1.29 is 29.0 Å². The third-order valence-corrected chi connectivity index (χ3v) is 5.38. The number of carbonyl (C=O) groups is 3. The van der Waals surface area contributed by atoms with Crippen LogP contribution in [0, 0.1) is 19.7 Å². The Morgan fingerprint density at radius 2 is 1.67 bits per heavy atom. The lowest BCUT2D eigenvalue weighted by molar-refractivity contribution is -0.138. The number of carboxylic acid groups (broad SMARTS) is 2. The quantitative estimate of drug-likeness (QED) is 0.331. The standard InChI is InChI=1S/C25H26FN5O5/c1-14-7-17(3-5-19(14)24(35)36)11-31(13-22(32)33)12-18-9-21(30-25(27)29-18)23(34)28-10-16-4-6-20(26)15(2)8-16/h3-9H,10-13H2,1-2H3,(H,28,34)(H,32,33)(H,35,36)(H2,27,29,30). The molecule has 0 radical (unpaired) electrons. The molecule has 0 aliphatic carbocycles. The van der Waals surface area contributed by atoms with Gasteiger partial charge in [0.05, 0.1) is 17.8 Å². The fourth-order valence-corrected chi connectivity index (χ4v) is 3.72. The van der Waals surface area contributed by atoms with Crippen LogP contribution in [0.2, 0.25) is 0 Å². The smallest absolute Gasteiger partial charge is 0.335 e. The number of benzene rings is 2. The first-order chi connectivity index (χ1) is 17.0. The van der Waals surface area contributed by atoms with E-state index in [1.807, 2.05) is 0 Å². The van der Waals surface area contributed by atoms with E-state index < -0.39 is 17.8 Å². The molecule has 0 fully saturated rings. The SMILES string of the molecule is Cc1cc(CNC(=O)c2cc(CN(CC(=O)O)Cc3ccc(C(=O)O)c(C)c3)nc(N)n2)ccc1F. The van der Waals surface area contributed by atoms with Crippen molar-refractivity contribution in [2.24, 2.45) is 0 Å². The fourth-order valence-electron chi connectivity index (χ4n) is 3.72. The molecular weight excluding hydrogens is 469 g/mol. The normalized spacial score (nSPS) is 10.9. The maximum atomic E-state index is 13.5. The molecule has 0 unspecified atom stereocenters. The van der Waals surface area contributed by atoms with Gasteiger partial charge in [0, 0.05) is 19.6 Å². The highest BCUT2D eigenvalue weighted by atomic mass is 19.1. The Morgan fingerprint density at radius 1 is 0.972 bits per heavy atom. The van der Waals surface area contributed by atoms with Gasteiger partial charge < -0.3 is 21.3 Å². The lowest BCUT2D eigenvalue weighted by atomic mass is 10.0. The summed E-state index contributed by atoms with van der Waals surface area (Å²) in [7, 11) is 0. The minimum atomic E-state index is -1.07. The Morgan fingerprint density at radius 3 is 2.31 bits per heavy atom. The summed E-state index contributed by atoms with van der Waals surface area (Å²) in [6.07, 6.45) is 0. The zero-order chi connectivity index (χ0) is 26.4. The van der Waals surface area contributed by atoms with E-state index in [-0.39, 0.29) is 49.2 Å². The largest absolute Gasteiger partial charge is 0.480 e. The van der Waals surface area contributed by atoms with Crippen LogP contribution in [0.4, 0.5) is 10.3 Å². The summed E-state index contributed by atoms with van der Waals surface area (Å²) >= 11 is 0. The molecule has 188 valence electrons. The van der Waals surface area contributed by atoms with Crippen molar-refractivity contribution in [3.8, 4) is 0 Å². The van der Waals surface area contributed by atoms with E-state index in [4.69, 9.17) is 5.73 Å². The lowest BCUT2D eigenvalue weighted by Gasteiger charge is -2.21. The molecule has 0 saturated carbocycles. The number of amides is 1. The Bertz CT molecular complexity index is 1310. The molecule has 0 bridgehead atoms. The molecule has 0 aliphatic heterocycles. The Balaban J connectivity index is 1.75. The van der Waals surface area contributed by atoms with Crippen molar-refractivity contribution >= 4 is 23.8 Å². The molecule has 0 atom stereocenters. The van der Waals surface area contributed by atoms with Gasteiger partial charge in [-0.3, -0.25) is 14.5 Å². The third kappa shape index (κ3) is 7.06. The Hall–Kier alpha value is -4.38. The number of nitrogens with two attached hydrogens (primary N) is 1. The number of aromatic carboxylic acids is 1. The van der Waals surface area contributed by atoms with Crippen molar-refractivity contribution in [2.75, 3.05) is 12.3 Å². The van der Waals surface area contributed by atoms with Gasteiger partial charge in [0.2, 0.25) is 5.95 Å². The highest BCUT2D eigenvalue weighted by Gasteiger charge is 2.17. The molecule has 2 aromatic carbocycles. The summed E-state index contributed by atoms with van der Waals surface area (Å²) in [5.74, 6) is -3.11. The number of nitrogens with one attached hydrogen (secondary N) is 1. The number of aliphatic carboxylic acids is 1. The summed E-state index contributed by atoms with van der Waals surface area (Å²) in [6.45, 7) is 3.37. The first-order valence-electron chi connectivity index (χ1n) is 11.0. The van der Waals surface area contributed by atoms with Crippen LogP contribution < -0.4 is 11.1 Å². The van der Waals surface area contributed by atoms with Crippen LogP contribution in [-0.4, -0.2) is 49.5 Å². The lowest BCUT2D eigenvalue weighted by Crippen LogP contribution is -2.30. The van der Waals surface area contributed by atoms with Crippen LogP contribution in [0.5, 0.6) is 0 Å². The molecule has 36 heavy (non-hydrogen) atoms. The molecule has 10 nitrogen and oxygen atoms in total. The minimum Gasteiger partial charge on any atom is -0.480 e. The molecule has 3 rings (SSSR count). The Kier molecular flexibility index (Phi) is 8.28. The number of halogens is 1. The van der Waals surface area contributed by atoms with Gasteiger partial charge in [0.25, 0.3) is 5.91 Å². The van der Waals surface area contributed by atoms with Crippen LogP contribution in [0.3, 0.4) is 0 Å². The van der Waals surface area contributed by atoms with Crippen molar-refractivity contribution in [1.82, 2.24) is 20.2 Å². The third-order valence-electron chi connectivity index (χ3n) is 5.38. The van der Waals surface area contributed by atoms with Gasteiger partial charge in [-0.1, -0.05) is 24.3 Å². The van der Waals surface area contributed by atoms with Crippen molar-refractivity contribution in [2.45, 2.75) is 33.5 Å². The van der Waals surface area contributed by atoms with E-state index in [9.17, 15) is 29.0 Å². The zero-order valence-corrected chi connectivity index (χ0v) is 19.8. The van der Waals surface area contributed by atoms with E-state index in [1.165, 1.54) is 18.2 Å². The number of carbonyl (C=O) groups excluding carboxylic acids is 1. The number of hydrogen-bond donors (Lipinski definition) is 4. The van der Waals surface area contributed by atoms with Gasteiger partial charge in [0.15, 0.2) is 0 Å². The fraction of sp³-hybridized carbons (Fsp3) is 0.240. The van der Waals surface area contributed by atoms with Crippen molar-refractivity contribution in [3.05, 3.63) is 87.5 Å². The van der Waals surface area contributed by atoms with E-state index in [0.29, 0.717) is 27.9 Å². The summed E-state index contributed by atoms with van der Waals surface area (Å²) in [4.78, 5) is 45.0. The van der Waals surface area contributed by atoms with Gasteiger partial charge >= 0.3 is 11.9 Å². The highest BCUT2D eigenvalue weighted by Crippen LogP contribution is 2.16. The predicted molar refractivity (Wildman–Crippen MR) is 129 cm³/mol. The molecule has 1 amide bonds. The van der Waals surface area contributed by atoms with E-state index in [2.05, 4.69) is 15.3 Å². The van der Waals surface area contributed by atoms with Crippen molar-refractivity contribution in [1.29, 1.82) is 0 Å². The highest BCUT2D eigenvalue weighted by molar-refractivity contribution is 5.92. The average Bonchev–Trinajstić information content (AvgIpc) is 2.78. The Labute approximate surface area is 206 Å². The number of rotatable bonds is 10. The zero-order valence-electron chi connectivity index (χ0n) is 19.8. The molecule has 11 heteroatoms. The minimum absolute atomic E-state index is 0.00765. The van der Waals surface area contributed by atoms with Crippen LogP contribution >= 0.6 is 0 Å². The molecule has 0 spiro atoms. The van der Waals surface area contributed by atoms with Gasteiger partial charge in [-0.05, 0) is 54.3 Å². The molecule has 5 N–H and O–H groups in total. The number of aryl methyl sites for hydroxylation is 2. The molecule has 1 aromatic heterocycles. The maximum absolute atomic E-state index is 13.5. The number of hydrogen-bond acceptors (Lipinski definition) is 7. The second-order valence-electron chi connectivity index (χ2n) is 8.36. The second kappa shape index (κ2) is 11.4. The number of nitrogen functional groups attached to an aromatic ring is 1. The first-order valence-corrected chi connectivity index (χ1v) is 11.0. The van der Waals surface area contributed by atoms with E-state index in [1.54, 1.807) is 43.0 Å². The van der Waals surface area contributed by atoms with Gasteiger partial charge in [-0.2, -0.15) is 0 Å². The first kappa shape index (κ1) is 26.2. The van der Waals surface area contributed by atoms with Crippen LogP contribution in [0.15, 0.2) is 42.5 Å². The molecule has 0 saturated heterocycles. The topological polar surface area (TPSA) is 159 Å². The summed E-state index contributed by atoms with van der Waals surface area (Å²) in [5, 5.41) is 21.3. The van der Waals surface area contributed by atoms with Crippen LogP contribution in [0.1, 0.15) is 48.8 Å². The molecule has 1 heterocycles. The van der Waals surface area contributed by atoms with Gasteiger partial charge in [-0.15, -0.1) is 0 Å². The molecular formula is C25H26FN5O5. The van der Waals surface area contributed by atoms with Gasteiger partial charge in [0.1, 0.15) is 11.5 Å². The number of anilines is 1. The van der Waals surface area contributed by atoms with Gasteiger partial charge in [-0.25, -0.2) is 19.2 Å². The van der Waals surface area contributed by atoms with Crippen molar-refractivity contribution in [3.63, 3.8) is 0 Å². The maximum Gasteiger partial charge on any atom is 0.335 e. The average molecular weight is 496 g/mol.